The second kappa shape index (κ2) is 9.31. The van der Waals surface area contributed by atoms with E-state index in [0.717, 1.165) is 11.7 Å². The van der Waals surface area contributed by atoms with E-state index in [1.54, 1.807) is 30.0 Å². The second-order valence-electron chi connectivity index (χ2n) is 9.33. The minimum Gasteiger partial charge on any atom is -0.448 e. The number of hydrogen-bond acceptors (Lipinski definition) is 6. The highest BCUT2D eigenvalue weighted by atomic mass is 32.1. The molecule has 6 heteroatoms. The van der Waals surface area contributed by atoms with E-state index in [1.807, 2.05) is 5.51 Å². The fourth-order valence-corrected chi connectivity index (χ4v) is 2.54. The van der Waals surface area contributed by atoms with E-state index in [1.165, 1.54) is 12.1 Å². The van der Waals surface area contributed by atoms with Gasteiger partial charge in [-0.05, 0) is 0 Å². The van der Waals surface area contributed by atoms with Gasteiger partial charge in [-0.1, -0.05) is 62.3 Å². The molecular formula is C21H33N3O2S. The standard InChI is InChI=1S/2C7H11NO.C7H11NS/c1-7(2,3)6-4-8-5-9-6;1-7(2,3)6-8-4-5-9-6;1-7(2,3)6-4-9-5-8-6/h3*4-5H,1-3H3. The van der Waals surface area contributed by atoms with Crippen LogP contribution in [0.4, 0.5) is 0 Å². The molecule has 150 valence electrons. The summed E-state index contributed by atoms with van der Waals surface area (Å²) in [4.78, 5) is 12.0. The van der Waals surface area contributed by atoms with Crippen molar-refractivity contribution in [3.05, 3.63) is 53.3 Å². The summed E-state index contributed by atoms with van der Waals surface area (Å²) in [6, 6.07) is 0. The van der Waals surface area contributed by atoms with Crippen LogP contribution in [0.25, 0.3) is 0 Å². The van der Waals surface area contributed by atoms with Crippen molar-refractivity contribution in [2.45, 2.75) is 78.6 Å². The largest absolute Gasteiger partial charge is 0.448 e. The minimum absolute atomic E-state index is 0.0451. The zero-order valence-corrected chi connectivity index (χ0v) is 18.8. The Bertz CT molecular complexity index is 622. The molecule has 0 amide bonds. The van der Waals surface area contributed by atoms with E-state index >= 15 is 0 Å². The van der Waals surface area contributed by atoms with Crippen molar-refractivity contribution in [1.82, 2.24) is 15.0 Å². The monoisotopic (exact) mass is 391 g/mol. The molecule has 0 fully saturated rings. The zero-order valence-electron chi connectivity index (χ0n) is 18.0. The Balaban J connectivity index is 0.000000202. The van der Waals surface area contributed by atoms with Gasteiger partial charge in [0.15, 0.2) is 12.3 Å². The maximum absolute atomic E-state index is 5.09. The quantitative estimate of drug-likeness (QED) is 0.444. The van der Waals surface area contributed by atoms with Gasteiger partial charge in [0.1, 0.15) is 12.0 Å². The first-order valence-electron chi connectivity index (χ1n) is 8.99. The van der Waals surface area contributed by atoms with Gasteiger partial charge >= 0.3 is 0 Å². The van der Waals surface area contributed by atoms with Gasteiger partial charge in [-0.15, -0.1) is 11.3 Å². The molecule has 0 unspecified atom stereocenters. The average Bonchev–Trinajstić information content (AvgIpc) is 3.28. The van der Waals surface area contributed by atoms with E-state index < -0.39 is 0 Å². The predicted molar refractivity (Wildman–Crippen MR) is 111 cm³/mol. The molecule has 0 saturated carbocycles. The molecule has 0 aliphatic heterocycles. The van der Waals surface area contributed by atoms with Crippen LogP contribution in [0, 0.1) is 0 Å². The number of rotatable bonds is 0. The van der Waals surface area contributed by atoms with Crippen molar-refractivity contribution in [3.63, 3.8) is 0 Å². The summed E-state index contributed by atoms with van der Waals surface area (Å²) >= 11 is 1.66. The molecule has 3 aromatic heterocycles. The Morgan fingerprint density at radius 2 is 1.48 bits per heavy atom. The summed E-state index contributed by atoms with van der Waals surface area (Å²) in [5, 5.41) is 2.10. The topological polar surface area (TPSA) is 65.0 Å². The van der Waals surface area contributed by atoms with E-state index in [-0.39, 0.29) is 16.2 Å². The Labute approximate surface area is 167 Å². The van der Waals surface area contributed by atoms with Crippen LogP contribution in [-0.4, -0.2) is 15.0 Å². The molecule has 5 nitrogen and oxygen atoms in total. The molecule has 0 N–H and O–H groups in total. The van der Waals surface area contributed by atoms with Crippen LogP contribution in [0.5, 0.6) is 0 Å². The molecule has 0 radical (unpaired) electrons. The molecule has 0 saturated heterocycles. The van der Waals surface area contributed by atoms with Crippen LogP contribution < -0.4 is 0 Å². The van der Waals surface area contributed by atoms with Gasteiger partial charge in [0.05, 0.1) is 23.6 Å². The van der Waals surface area contributed by atoms with Gasteiger partial charge in [0.25, 0.3) is 0 Å². The van der Waals surface area contributed by atoms with Gasteiger partial charge in [0.2, 0.25) is 0 Å². The fraction of sp³-hybridized carbons (Fsp3) is 0.571. The van der Waals surface area contributed by atoms with E-state index in [9.17, 15) is 0 Å². The number of nitrogens with zero attached hydrogens (tertiary/aromatic N) is 3. The third-order valence-electron chi connectivity index (χ3n) is 3.45. The summed E-state index contributed by atoms with van der Waals surface area (Å²) in [5.41, 5.74) is 3.42. The summed E-state index contributed by atoms with van der Waals surface area (Å²) < 4.78 is 10.2. The van der Waals surface area contributed by atoms with Crippen molar-refractivity contribution in [1.29, 1.82) is 0 Å². The third-order valence-corrected chi connectivity index (χ3v) is 4.03. The van der Waals surface area contributed by atoms with Crippen LogP contribution in [-0.2, 0) is 16.2 Å². The van der Waals surface area contributed by atoms with Gasteiger partial charge < -0.3 is 8.83 Å². The van der Waals surface area contributed by atoms with Crippen molar-refractivity contribution >= 4 is 11.3 Å². The maximum atomic E-state index is 5.09. The Kier molecular flexibility index (Phi) is 7.96. The second-order valence-corrected chi connectivity index (χ2v) is 10.0. The predicted octanol–water partition coefficient (Wildman–Crippen LogP) is 6.38. The van der Waals surface area contributed by atoms with Gasteiger partial charge in [-0.25, -0.2) is 15.0 Å². The molecule has 0 spiro atoms. The average molecular weight is 392 g/mol. The van der Waals surface area contributed by atoms with Crippen molar-refractivity contribution < 1.29 is 8.83 Å². The highest BCUT2D eigenvalue weighted by molar-refractivity contribution is 7.07. The van der Waals surface area contributed by atoms with Crippen LogP contribution >= 0.6 is 11.3 Å². The van der Waals surface area contributed by atoms with Gasteiger partial charge in [0, 0.05) is 21.6 Å². The normalized spacial score (nSPS) is 11.9. The molecule has 0 atom stereocenters. The van der Waals surface area contributed by atoms with Crippen LogP contribution in [0.15, 0.2) is 44.8 Å². The first kappa shape index (κ1) is 23.1. The highest BCUT2D eigenvalue weighted by Crippen LogP contribution is 2.21. The first-order chi connectivity index (χ1) is 12.3. The van der Waals surface area contributed by atoms with Crippen LogP contribution in [0.1, 0.15) is 79.7 Å². The lowest BCUT2D eigenvalue weighted by atomic mass is 9.93. The lowest BCUT2D eigenvalue weighted by Crippen LogP contribution is -2.10. The minimum atomic E-state index is 0.0451. The Hall–Kier alpha value is -1.95. The molecule has 27 heavy (non-hydrogen) atoms. The smallest absolute Gasteiger partial charge is 0.199 e. The van der Waals surface area contributed by atoms with E-state index in [2.05, 4.69) is 82.6 Å². The number of aromatic nitrogens is 3. The maximum Gasteiger partial charge on any atom is 0.199 e. The number of oxazole rings is 2. The Morgan fingerprint density at radius 1 is 0.815 bits per heavy atom. The zero-order chi connectivity index (χ0) is 20.7. The van der Waals surface area contributed by atoms with Crippen molar-refractivity contribution in [2.75, 3.05) is 0 Å². The van der Waals surface area contributed by atoms with E-state index in [4.69, 9.17) is 8.83 Å². The summed E-state index contributed by atoms with van der Waals surface area (Å²) in [7, 11) is 0. The third kappa shape index (κ3) is 8.52. The molecule has 0 aromatic carbocycles. The highest BCUT2D eigenvalue weighted by Gasteiger charge is 2.18. The van der Waals surface area contributed by atoms with Gasteiger partial charge in [-0.3, -0.25) is 0 Å². The van der Waals surface area contributed by atoms with Gasteiger partial charge in [-0.2, -0.15) is 0 Å². The molecule has 3 heterocycles. The molecular weight excluding hydrogens is 358 g/mol. The molecule has 0 aliphatic carbocycles. The summed E-state index contributed by atoms with van der Waals surface area (Å²) in [5.74, 6) is 1.73. The fourth-order valence-electron chi connectivity index (χ4n) is 1.76. The van der Waals surface area contributed by atoms with Crippen LogP contribution in [0.2, 0.25) is 0 Å². The first-order valence-corrected chi connectivity index (χ1v) is 9.93. The lowest BCUT2D eigenvalue weighted by Gasteiger charge is -2.13. The lowest BCUT2D eigenvalue weighted by molar-refractivity contribution is 0.392. The molecule has 3 rings (SSSR count). The van der Waals surface area contributed by atoms with Crippen LogP contribution in [0.3, 0.4) is 0 Å². The summed E-state index contributed by atoms with van der Waals surface area (Å²) in [6.45, 7) is 19.0. The SMILES string of the molecule is CC(C)(C)c1cnco1.CC(C)(C)c1cscn1.CC(C)(C)c1ncco1. The number of hydrogen-bond donors (Lipinski definition) is 0. The van der Waals surface area contributed by atoms with Crippen molar-refractivity contribution in [2.24, 2.45) is 0 Å². The molecule has 3 aromatic rings. The van der Waals surface area contributed by atoms with Crippen molar-refractivity contribution in [3.8, 4) is 0 Å². The Morgan fingerprint density at radius 3 is 1.70 bits per heavy atom. The molecule has 0 bridgehead atoms. The van der Waals surface area contributed by atoms with E-state index in [0.29, 0.717) is 0 Å². The molecule has 0 aliphatic rings. The number of thiazole rings is 1. The summed E-state index contributed by atoms with van der Waals surface area (Å²) in [6.07, 6.45) is 6.47.